The van der Waals surface area contributed by atoms with Crippen LogP contribution in [0, 0.1) is 50.2 Å². The van der Waals surface area contributed by atoms with Crippen LogP contribution in [0.15, 0.2) is 11.6 Å². The molecule has 1 amide bonds. The molecule has 6 saturated heterocycles. The van der Waals surface area contributed by atoms with Crippen LogP contribution in [-0.2, 0) is 80.8 Å². The number of allylic oxidation sites excluding steroid dienone is 2. The van der Waals surface area contributed by atoms with E-state index in [1.807, 2.05) is 0 Å². The number of Topliss-reactive ketones (excluding diaryl/α,β-unsaturated/α-hetero) is 1. The minimum Gasteiger partial charge on any atom is -0.481 e. The van der Waals surface area contributed by atoms with Gasteiger partial charge in [-0.3, -0.25) is 14.4 Å². The fraction of sp³-hybridized carbons (Fsp3) is 0.911. The van der Waals surface area contributed by atoms with E-state index in [0.717, 1.165) is 44.0 Å². The van der Waals surface area contributed by atoms with Crippen LogP contribution in [0.4, 0.5) is 0 Å². The maximum absolute atomic E-state index is 15.7. The van der Waals surface area contributed by atoms with Gasteiger partial charge in [-0.05, 0) is 123 Å². The minimum absolute atomic E-state index is 0.0416. The van der Waals surface area contributed by atoms with Crippen molar-refractivity contribution >= 4 is 29.9 Å². The van der Waals surface area contributed by atoms with Gasteiger partial charge < -0.3 is 159 Å². The molecule has 6 aliphatic heterocycles. The number of carbonyl (C=O) groups is 5. The van der Waals surface area contributed by atoms with E-state index < -0.39 is 267 Å². The van der Waals surface area contributed by atoms with Gasteiger partial charge in [0.1, 0.15) is 128 Å². The number of ketones is 1. The van der Waals surface area contributed by atoms with Crippen LogP contribution in [0.25, 0.3) is 0 Å². The Morgan fingerprint density at radius 2 is 1.09 bits per heavy atom. The number of carboxylic acids is 2. The molecule has 5 aliphatic carbocycles. The molecular weight excluding hydrogens is 1520 g/mol. The van der Waals surface area contributed by atoms with Crippen molar-refractivity contribution in [2.24, 2.45) is 50.2 Å². The van der Waals surface area contributed by atoms with Crippen LogP contribution in [0.5, 0.6) is 0 Å². The second-order valence-corrected chi connectivity index (χ2v) is 36.1. The molecule has 11 aliphatic rings. The van der Waals surface area contributed by atoms with E-state index >= 15 is 4.79 Å². The summed E-state index contributed by atoms with van der Waals surface area (Å²) in [6, 6.07) is -1.33. The zero-order valence-electron chi connectivity index (χ0n) is 66.6. The van der Waals surface area contributed by atoms with Gasteiger partial charge in [0, 0.05) is 19.3 Å². The molecule has 0 aromatic heterocycles. The van der Waals surface area contributed by atoms with Gasteiger partial charge in [-0.2, -0.15) is 0 Å². The standard InChI is InChI=1S/C79H127NO35/c1-36-62(111-68-57(97)51(91)39(84)33-105-68)56(96)60(100)70(107-36)114-65-54(94)50(80-48(88)18-14-12-10-8-9-11-13-15-19-49(89)90)41(31-81)108-72(65)104-28-16-17-45(86)79-27-26-74(2,3)29-38(79)37-20-21-44-75(4)24-23-47(76(5,35-83)43(75)22-25-77(44,6)78(37,7)30-46(79)87)110-73-66(115-71-59(99)55(95)53(93)42(32-82)109-71)63(61(101)64(113-73)67(102)103)112-69-58(98)52(92)40(85)34-106-69/h20,35-36,38-44,46-47,50-66,68-73,81-82,84-85,87,91-101H,8-19,21-34H2,1-7H3,(H,80,88)(H,89,90)(H,102,103)/t36?,38?,39-,40-,41?,42?,43-,44?,46?,47+,50+,51?,52+,53+,54?,55+,56?,57?,58?,59?,60?,61+,62+,63+,64?,65?,66?,68+,69+,70+,71+,72-,73-,75?,76-,77?,78-,79+/m1/s1. The van der Waals surface area contributed by atoms with E-state index in [0.29, 0.717) is 64.2 Å². The molecule has 0 aromatic rings. The lowest BCUT2D eigenvalue weighted by atomic mass is 9.33. The lowest BCUT2D eigenvalue weighted by molar-refractivity contribution is -0.391. The van der Waals surface area contributed by atoms with Crippen LogP contribution >= 0.6 is 0 Å². The first-order chi connectivity index (χ1) is 54.3. The number of amides is 1. The molecule has 38 atom stereocenters. The molecule has 18 unspecified atom stereocenters. The van der Waals surface area contributed by atoms with E-state index in [1.54, 1.807) is 6.92 Å². The molecule has 0 bridgehead atoms. The highest BCUT2D eigenvalue weighted by atomic mass is 16.8. The van der Waals surface area contributed by atoms with E-state index in [9.17, 15) is 106 Å². The molecule has 10 fully saturated rings. The number of aliphatic hydroxyl groups is 16. The van der Waals surface area contributed by atoms with Crippen molar-refractivity contribution in [3.63, 3.8) is 0 Å². The third kappa shape index (κ3) is 18.3. The first-order valence-corrected chi connectivity index (χ1v) is 41.2. The Balaban J connectivity index is 0.797. The van der Waals surface area contributed by atoms with Gasteiger partial charge in [0.15, 0.2) is 43.8 Å². The molecule has 115 heavy (non-hydrogen) atoms. The van der Waals surface area contributed by atoms with Crippen LogP contribution in [-0.4, -0.2) is 339 Å². The molecule has 36 heteroatoms. The van der Waals surface area contributed by atoms with E-state index in [2.05, 4.69) is 46.0 Å². The third-order valence-corrected chi connectivity index (χ3v) is 28.4. The topological polar surface area (TPSA) is 572 Å². The summed E-state index contributed by atoms with van der Waals surface area (Å²) in [6.45, 7) is 11.2. The number of fused-ring (bicyclic) bond motifs is 7. The predicted octanol–water partition coefficient (Wildman–Crippen LogP) is -1.91. The second-order valence-electron chi connectivity index (χ2n) is 36.1. The van der Waals surface area contributed by atoms with Crippen molar-refractivity contribution in [2.45, 2.75) is 367 Å². The number of aliphatic hydroxyl groups excluding tert-OH is 16. The van der Waals surface area contributed by atoms with Crippen molar-refractivity contribution in [1.82, 2.24) is 5.32 Å². The minimum atomic E-state index is -2.21. The van der Waals surface area contributed by atoms with Gasteiger partial charge in [-0.15, -0.1) is 0 Å². The fourth-order valence-corrected chi connectivity index (χ4v) is 21.5. The Hall–Kier alpha value is -3.63. The molecular formula is C79H127NO35. The smallest absolute Gasteiger partial charge is 0.335 e. The monoisotopic (exact) mass is 1650 g/mol. The fourth-order valence-electron chi connectivity index (χ4n) is 21.5. The average molecular weight is 1650 g/mol. The highest BCUT2D eigenvalue weighted by Crippen LogP contribution is 2.76. The summed E-state index contributed by atoms with van der Waals surface area (Å²) in [5, 5.41) is 200. The van der Waals surface area contributed by atoms with Gasteiger partial charge in [-0.1, -0.05) is 91.7 Å². The van der Waals surface area contributed by atoms with Crippen molar-refractivity contribution in [3.05, 3.63) is 11.6 Å². The third-order valence-electron chi connectivity index (χ3n) is 28.4. The van der Waals surface area contributed by atoms with Crippen molar-refractivity contribution in [2.75, 3.05) is 33.0 Å². The molecule has 6 heterocycles. The van der Waals surface area contributed by atoms with Crippen molar-refractivity contribution in [3.8, 4) is 0 Å². The van der Waals surface area contributed by atoms with E-state index in [-0.39, 0.29) is 62.2 Å². The van der Waals surface area contributed by atoms with E-state index in [4.69, 9.17) is 61.9 Å². The number of rotatable bonds is 32. The molecule has 0 spiro atoms. The van der Waals surface area contributed by atoms with Gasteiger partial charge in [-0.25, -0.2) is 4.79 Å². The number of hydrogen-bond donors (Lipinski definition) is 19. The Labute approximate surface area is 667 Å². The summed E-state index contributed by atoms with van der Waals surface area (Å²) < 4.78 is 72.6. The number of unbranched alkanes of at least 4 members (excludes halogenated alkanes) is 7. The summed E-state index contributed by atoms with van der Waals surface area (Å²) in [5.74, 6) is -4.29. The van der Waals surface area contributed by atoms with Crippen LogP contribution < -0.4 is 5.32 Å². The molecule has 0 aromatic carbocycles. The number of hydrogen-bond acceptors (Lipinski definition) is 33. The predicted molar refractivity (Wildman–Crippen MR) is 391 cm³/mol. The lowest BCUT2D eigenvalue weighted by Gasteiger charge is -2.71. The maximum atomic E-state index is 15.7. The highest BCUT2D eigenvalue weighted by molar-refractivity contribution is 5.87. The second kappa shape index (κ2) is 37.6. The van der Waals surface area contributed by atoms with Crippen LogP contribution in [0.3, 0.4) is 0 Å². The van der Waals surface area contributed by atoms with Crippen molar-refractivity contribution in [1.29, 1.82) is 0 Å². The molecule has 19 N–H and O–H groups in total. The number of nitrogens with one attached hydrogen (secondary N) is 1. The quantitative estimate of drug-likeness (QED) is 0.0151. The van der Waals surface area contributed by atoms with Gasteiger partial charge >= 0.3 is 11.9 Å². The number of aldehydes is 1. The molecule has 0 radical (unpaired) electrons. The SMILES string of the molecule is CC1O[C@@H](OC2C(O)[C@@H](NC(=O)CCCCCCCCCCC(=O)O)C(CO)O[C@H]2OCCCC(=O)[C@]23CCC(C)(C)CC2C2=CCC4C5(C)CC[C@H](O[C@@H]6OC(C(=O)O)[C@@H](O)[C@H](O[C@@H]7OC[C@@H](O)[C@H](O)C7O)C6O[C@@H]6OC(CO)[C@H](O)[C@H](O)C6O)[C@](C)(C=O)[C@@H]5CCC4(C)[C@]2(C)CC3O)C(O)C(O)[C@H]1O[C@@H]1OC[C@@H](O)C(O)C1O. The highest BCUT2D eigenvalue weighted by Gasteiger charge is 2.72. The molecule has 658 valence electrons. The van der Waals surface area contributed by atoms with E-state index in [1.165, 1.54) is 6.92 Å². The number of carbonyl (C=O) groups excluding carboxylic acids is 3. The summed E-state index contributed by atoms with van der Waals surface area (Å²) >= 11 is 0. The summed E-state index contributed by atoms with van der Waals surface area (Å²) in [7, 11) is 0. The van der Waals surface area contributed by atoms with Gasteiger partial charge in [0.25, 0.3) is 0 Å². The Morgan fingerprint density at radius 1 is 0.522 bits per heavy atom. The van der Waals surface area contributed by atoms with Crippen LogP contribution in [0.1, 0.15) is 183 Å². The Kier molecular flexibility index (Phi) is 30.1. The Morgan fingerprint density at radius 3 is 1.70 bits per heavy atom. The van der Waals surface area contributed by atoms with Gasteiger partial charge in [0.05, 0.1) is 68.2 Å². The summed E-state index contributed by atoms with van der Waals surface area (Å²) in [5.41, 5.74) is -3.84. The number of ether oxygens (including phenoxy) is 12. The van der Waals surface area contributed by atoms with Crippen molar-refractivity contribution < 1.29 is 173 Å². The van der Waals surface area contributed by atoms with Crippen LogP contribution in [0.2, 0.25) is 0 Å². The Bertz CT molecular complexity index is 3300. The molecule has 4 saturated carbocycles. The first kappa shape index (κ1) is 92.1. The maximum Gasteiger partial charge on any atom is 0.335 e. The number of aliphatic carboxylic acids is 2. The lowest BCUT2D eigenvalue weighted by Crippen LogP contribution is -2.69. The number of carboxylic acid groups (broad SMARTS) is 2. The summed E-state index contributed by atoms with van der Waals surface area (Å²) in [6.07, 6.45) is -37.1. The molecule has 11 rings (SSSR count). The largest absolute Gasteiger partial charge is 0.481 e. The average Bonchev–Trinajstić information content (AvgIpc) is 0.669. The zero-order chi connectivity index (χ0) is 83.9. The summed E-state index contributed by atoms with van der Waals surface area (Å²) in [4.78, 5) is 67.5. The zero-order valence-corrected chi connectivity index (χ0v) is 66.6. The normalized spacial score (nSPS) is 47.9. The van der Waals surface area contributed by atoms with Gasteiger partial charge in [0.2, 0.25) is 5.91 Å². The molecule has 36 nitrogen and oxygen atoms in total. The first-order valence-electron chi connectivity index (χ1n) is 41.2.